The molecule has 0 saturated carbocycles. The molecule has 25 heavy (non-hydrogen) atoms. The van der Waals surface area contributed by atoms with Crippen molar-refractivity contribution in [2.45, 2.75) is 45.1 Å². The van der Waals surface area contributed by atoms with Gasteiger partial charge in [-0.05, 0) is 55.0 Å². The quantitative estimate of drug-likeness (QED) is 0.854. The van der Waals surface area contributed by atoms with Gasteiger partial charge in [-0.2, -0.15) is 0 Å². The first-order chi connectivity index (χ1) is 12.1. The summed E-state index contributed by atoms with van der Waals surface area (Å²) in [7, 11) is 2.06. The Balaban J connectivity index is 1.68. The Morgan fingerprint density at radius 1 is 1.16 bits per heavy atom. The maximum absolute atomic E-state index is 12.6. The molecule has 3 heteroatoms. The largest absolute Gasteiger partial charge is 0.325 e. The van der Waals surface area contributed by atoms with Crippen LogP contribution in [0, 0.1) is 0 Å². The number of carbonyl (C=O) groups excluding carboxylic acids is 1. The van der Waals surface area contributed by atoms with Gasteiger partial charge in [-0.3, -0.25) is 9.69 Å². The van der Waals surface area contributed by atoms with Crippen molar-refractivity contribution in [3.8, 4) is 0 Å². The Hall–Kier alpha value is -2.13. The van der Waals surface area contributed by atoms with Crippen molar-refractivity contribution in [2.24, 2.45) is 0 Å². The van der Waals surface area contributed by atoms with Crippen LogP contribution >= 0.6 is 0 Å². The van der Waals surface area contributed by atoms with E-state index in [0.29, 0.717) is 18.5 Å². The number of fused-ring (bicyclic) bond motifs is 1. The molecule has 1 N–H and O–H groups in total. The molecule has 1 amide bonds. The van der Waals surface area contributed by atoms with Gasteiger partial charge in [0.1, 0.15) is 0 Å². The van der Waals surface area contributed by atoms with Crippen molar-refractivity contribution >= 4 is 11.6 Å². The number of nitrogens with one attached hydrogen (secondary N) is 1. The molecule has 0 spiro atoms. The molecular weight excluding hydrogens is 308 g/mol. The fourth-order valence-corrected chi connectivity index (χ4v) is 3.83. The van der Waals surface area contributed by atoms with Gasteiger partial charge in [0.2, 0.25) is 5.91 Å². The lowest BCUT2D eigenvalue weighted by Gasteiger charge is -2.33. The predicted octanol–water partition coefficient (Wildman–Crippen LogP) is 4.76. The number of anilines is 1. The Bertz CT molecular complexity index is 738. The van der Waals surface area contributed by atoms with Crippen molar-refractivity contribution in [3.05, 3.63) is 65.2 Å². The third-order valence-electron chi connectivity index (χ3n) is 5.12. The standard InChI is InChI=1S/C22H28N2O/c1-16(2)18-11-6-7-13-20(18)23-22(25)15-24(3)21-14-8-10-17-9-4-5-12-19(17)21/h4-7,9,11-13,16,21H,8,10,14-15H2,1-3H3,(H,23,25)/t21-/m1/s1. The maximum atomic E-state index is 12.6. The highest BCUT2D eigenvalue weighted by molar-refractivity contribution is 5.93. The molecule has 0 aromatic heterocycles. The van der Waals surface area contributed by atoms with E-state index in [1.807, 2.05) is 18.2 Å². The van der Waals surface area contributed by atoms with Crippen LogP contribution in [0.5, 0.6) is 0 Å². The summed E-state index contributed by atoms with van der Waals surface area (Å²) in [5.74, 6) is 0.443. The fraction of sp³-hybridized carbons (Fsp3) is 0.409. The summed E-state index contributed by atoms with van der Waals surface area (Å²) < 4.78 is 0. The number of aryl methyl sites for hydroxylation is 1. The van der Waals surface area contributed by atoms with E-state index in [1.165, 1.54) is 23.1 Å². The molecule has 0 bridgehead atoms. The second-order valence-electron chi connectivity index (χ2n) is 7.31. The first-order valence-electron chi connectivity index (χ1n) is 9.23. The topological polar surface area (TPSA) is 32.3 Å². The fourth-order valence-electron chi connectivity index (χ4n) is 3.83. The number of likely N-dealkylation sites (N-methyl/N-ethyl adjacent to an activating group) is 1. The van der Waals surface area contributed by atoms with E-state index in [4.69, 9.17) is 0 Å². The van der Waals surface area contributed by atoms with E-state index >= 15 is 0 Å². The molecule has 0 fully saturated rings. The molecule has 0 heterocycles. The molecule has 1 atom stereocenters. The van der Waals surface area contributed by atoms with Gasteiger partial charge in [0.25, 0.3) is 0 Å². The van der Waals surface area contributed by atoms with Gasteiger partial charge in [-0.1, -0.05) is 56.3 Å². The van der Waals surface area contributed by atoms with Crippen molar-refractivity contribution in [1.82, 2.24) is 4.90 Å². The highest BCUT2D eigenvalue weighted by Crippen LogP contribution is 2.33. The molecule has 1 aliphatic rings. The van der Waals surface area contributed by atoms with Crippen LogP contribution in [-0.4, -0.2) is 24.4 Å². The number of hydrogen-bond donors (Lipinski definition) is 1. The number of nitrogens with zero attached hydrogens (tertiary/aromatic N) is 1. The lowest BCUT2D eigenvalue weighted by molar-refractivity contribution is -0.117. The second-order valence-corrected chi connectivity index (χ2v) is 7.31. The van der Waals surface area contributed by atoms with Gasteiger partial charge < -0.3 is 5.32 Å². The number of amides is 1. The molecule has 3 rings (SSSR count). The number of benzene rings is 2. The van der Waals surface area contributed by atoms with E-state index in [9.17, 15) is 4.79 Å². The average molecular weight is 336 g/mol. The van der Waals surface area contributed by atoms with Gasteiger partial charge in [0, 0.05) is 11.7 Å². The second kappa shape index (κ2) is 7.83. The van der Waals surface area contributed by atoms with E-state index in [-0.39, 0.29) is 5.91 Å². The van der Waals surface area contributed by atoms with Crippen LogP contribution in [0.3, 0.4) is 0 Å². The number of para-hydroxylation sites is 1. The van der Waals surface area contributed by atoms with Gasteiger partial charge in [-0.15, -0.1) is 0 Å². The van der Waals surface area contributed by atoms with Gasteiger partial charge in [-0.25, -0.2) is 0 Å². The zero-order valence-electron chi connectivity index (χ0n) is 15.5. The number of rotatable bonds is 5. The minimum atomic E-state index is 0.0543. The summed E-state index contributed by atoms with van der Waals surface area (Å²) >= 11 is 0. The van der Waals surface area contributed by atoms with Crippen molar-refractivity contribution < 1.29 is 4.79 Å². The summed E-state index contributed by atoms with van der Waals surface area (Å²) in [6.07, 6.45) is 3.45. The first kappa shape index (κ1) is 17.7. The minimum absolute atomic E-state index is 0.0543. The smallest absolute Gasteiger partial charge is 0.238 e. The Labute approximate surface area is 151 Å². The van der Waals surface area contributed by atoms with Crippen LogP contribution in [0.2, 0.25) is 0 Å². The summed E-state index contributed by atoms with van der Waals surface area (Å²) in [6, 6.07) is 17.0. The molecule has 0 unspecified atom stereocenters. The highest BCUT2D eigenvalue weighted by Gasteiger charge is 2.24. The lowest BCUT2D eigenvalue weighted by atomic mass is 9.87. The molecule has 132 valence electrons. The summed E-state index contributed by atoms with van der Waals surface area (Å²) in [5, 5.41) is 3.11. The molecule has 2 aromatic carbocycles. The monoisotopic (exact) mass is 336 g/mol. The normalized spacial score (nSPS) is 16.8. The van der Waals surface area contributed by atoms with Crippen LogP contribution in [0.1, 0.15) is 55.3 Å². The predicted molar refractivity (Wildman–Crippen MR) is 104 cm³/mol. The van der Waals surface area contributed by atoms with E-state index in [0.717, 1.165) is 18.5 Å². The van der Waals surface area contributed by atoms with Crippen LogP contribution in [0.15, 0.2) is 48.5 Å². The van der Waals surface area contributed by atoms with Crippen molar-refractivity contribution in [1.29, 1.82) is 0 Å². The third kappa shape index (κ3) is 4.10. The number of hydrogen-bond acceptors (Lipinski definition) is 2. The number of carbonyl (C=O) groups is 1. The summed E-state index contributed by atoms with van der Waals surface area (Å²) in [5.41, 5.74) is 4.92. The first-order valence-corrected chi connectivity index (χ1v) is 9.23. The van der Waals surface area contributed by atoms with Gasteiger partial charge in [0.15, 0.2) is 0 Å². The van der Waals surface area contributed by atoms with Crippen LogP contribution in [0.4, 0.5) is 5.69 Å². The molecule has 2 aromatic rings. The van der Waals surface area contributed by atoms with E-state index < -0.39 is 0 Å². The molecule has 0 aliphatic heterocycles. The zero-order valence-corrected chi connectivity index (χ0v) is 15.5. The Morgan fingerprint density at radius 2 is 1.88 bits per heavy atom. The molecule has 3 nitrogen and oxygen atoms in total. The van der Waals surface area contributed by atoms with Crippen LogP contribution in [-0.2, 0) is 11.2 Å². The average Bonchev–Trinajstić information content (AvgIpc) is 2.61. The lowest BCUT2D eigenvalue weighted by Crippen LogP contribution is -2.35. The zero-order chi connectivity index (χ0) is 17.8. The molecule has 0 radical (unpaired) electrons. The van der Waals surface area contributed by atoms with Gasteiger partial charge >= 0.3 is 0 Å². The van der Waals surface area contributed by atoms with Gasteiger partial charge in [0.05, 0.1) is 6.54 Å². The Kier molecular flexibility index (Phi) is 5.54. The van der Waals surface area contributed by atoms with E-state index in [1.54, 1.807) is 0 Å². The highest BCUT2D eigenvalue weighted by atomic mass is 16.2. The maximum Gasteiger partial charge on any atom is 0.238 e. The summed E-state index contributed by atoms with van der Waals surface area (Å²) in [4.78, 5) is 14.8. The Morgan fingerprint density at radius 3 is 2.68 bits per heavy atom. The van der Waals surface area contributed by atoms with Crippen molar-refractivity contribution in [3.63, 3.8) is 0 Å². The summed E-state index contributed by atoms with van der Waals surface area (Å²) in [6.45, 7) is 4.71. The van der Waals surface area contributed by atoms with Crippen molar-refractivity contribution in [2.75, 3.05) is 18.9 Å². The van der Waals surface area contributed by atoms with Crippen LogP contribution < -0.4 is 5.32 Å². The molecule has 0 saturated heterocycles. The van der Waals surface area contributed by atoms with E-state index in [2.05, 4.69) is 61.4 Å². The van der Waals surface area contributed by atoms with Crippen LogP contribution in [0.25, 0.3) is 0 Å². The minimum Gasteiger partial charge on any atom is -0.325 e. The molecule has 1 aliphatic carbocycles. The molecular formula is C22H28N2O. The third-order valence-corrected chi connectivity index (χ3v) is 5.12. The SMILES string of the molecule is CC(C)c1ccccc1NC(=O)CN(C)[C@@H]1CCCc2ccccc21.